The van der Waals surface area contributed by atoms with Gasteiger partial charge >= 0.3 is 130 Å². The van der Waals surface area contributed by atoms with Crippen molar-refractivity contribution in [1.29, 1.82) is 0 Å². The minimum Gasteiger partial charge on any atom is -1.00 e. The first-order valence-corrected chi connectivity index (χ1v) is 4.34. The van der Waals surface area contributed by atoms with Gasteiger partial charge in [0.1, 0.15) is 0 Å². The van der Waals surface area contributed by atoms with Gasteiger partial charge in [0.05, 0.1) is 0 Å². The first-order chi connectivity index (χ1) is 3.71. The van der Waals surface area contributed by atoms with Crippen LogP contribution in [0.4, 0.5) is 0 Å². The molecule has 0 saturated heterocycles. The molecular weight excluding hydrogens is 349 g/mol. The smallest absolute Gasteiger partial charge is 1.00 e. The maximum atomic E-state index is 9.58. The van der Waals surface area contributed by atoms with Crippen molar-refractivity contribution in [3.8, 4) is 0 Å². The van der Waals surface area contributed by atoms with Gasteiger partial charge in [0.15, 0.2) is 0 Å². The summed E-state index contributed by atoms with van der Waals surface area (Å²) in [7, 11) is -10.2. The van der Waals surface area contributed by atoms with E-state index >= 15 is 0 Å². The Kier molecular flexibility index (Phi) is 39.6. The van der Waals surface area contributed by atoms with E-state index in [0.717, 1.165) is 0 Å². The molecule has 0 unspecified atom stereocenters. The normalized spacial score (nSPS) is 8.79. The average Bonchev–Trinajstić information content (AvgIpc) is 1.14. The third-order valence-corrected chi connectivity index (χ3v) is 1.72. The van der Waals surface area contributed by atoms with Gasteiger partial charge in [-0.1, -0.05) is 0 Å². The van der Waals surface area contributed by atoms with Crippen LogP contribution in [-0.2, 0) is 18.9 Å². The van der Waals surface area contributed by atoms with Crippen LogP contribution in [0.25, 0.3) is 0 Å². The Hall–Kier alpha value is 4.26. The van der Waals surface area contributed by atoms with Crippen molar-refractivity contribution in [1.82, 2.24) is 0 Å². The van der Waals surface area contributed by atoms with Gasteiger partial charge in [0.2, 0.25) is 0 Å². The molecule has 0 aromatic rings. The van der Waals surface area contributed by atoms with E-state index in [0.29, 0.717) is 0 Å². The second-order valence-corrected chi connectivity index (χ2v) is 3.43. The van der Waals surface area contributed by atoms with E-state index in [1.165, 1.54) is 0 Å². The Morgan fingerprint density at radius 2 is 1.43 bits per heavy atom. The van der Waals surface area contributed by atoms with Crippen molar-refractivity contribution in [3.05, 3.63) is 0 Å². The Balaban J connectivity index is -0.0000000114. The zero-order valence-corrected chi connectivity index (χ0v) is 17.0. The van der Waals surface area contributed by atoms with E-state index in [9.17, 15) is 13.0 Å². The Bertz CT molecular complexity index is 250. The maximum absolute atomic E-state index is 9.58. The van der Waals surface area contributed by atoms with Crippen molar-refractivity contribution in [3.63, 3.8) is 0 Å². The Morgan fingerprint density at radius 3 is 1.43 bits per heavy atom. The molecule has 0 aromatic heterocycles. The SMILES string of the molecule is O=P(O)(O)OS(=O)(=O)O.[Ca+2].[Cl-].[Cl-].[H-].[H-].[H-].[K+].[Mg+2]. The van der Waals surface area contributed by atoms with Gasteiger partial charge in [0.25, 0.3) is 0 Å². The molecule has 14 heteroatoms. The van der Waals surface area contributed by atoms with E-state index in [1.807, 2.05) is 0 Å². The number of phosphoric acid groups is 1. The van der Waals surface area contributed by atoms with Gasteiger partial charge in [-0.25, -0.2) is 4.57 Å². The summed E-state index contributed by atoms with van der Waals surface area (Å²) >= 11 is 0. The molecule has 0 bridgehead atoms. The molecule has 0 radical (unpaired) electrons. The van der Waals surface area contributed by atoms with Gasteiger partial charge in [-0.15, -0.1) is 3.97 Å². The Labute approximate surface area is 187 Å². The van der Waals surface area contributed by atoms with Crippen LogP contribution in [0.5, 0.6) is 0 Å². The molecule has 0 amide bonds. The Morgan fingerprint density at radius 1 is 1.21 bits per heavy atom. The van der Waals surface area contributed by atoms with E-state index in [-0.39, 0.29) is 141 Å². The standard InChI is InChI=1S/Ca.2ClH.K.Mg.H3O7PS.3H/c;;;;;1-8(2,3)7-9(4,5)6;;;/h;2*1H;;;(H2,1,2,3)(H,4,5,6);;;/q+2;;;+1;+2;;3*-1/p-2. The molecule has 0 rings (SSSR count). The average molecular weight is 355 g/mol. The number of hydrogen-bond donors (Lipinski definition) is 3. The minimum absolute atomic E-state index is 0. The largest absolute Gasteiger partial charge is 2.00 e. The quantitative estimate of drug-likeness (QED) is 0.255. The third-order valence-electron chi connectivity index (χ3n) is 0.191. The predicted molar refractivity (Wildman–Crippen MR) is 39.5 cm³/mol. The van der Waals surface area contributed by atoms with Crippen molar-refractivity contribution in [2.24, 2.45) is 0 Å². The van der Waals surface area contributed by atoms with Gasteiger partial charge in [-0.05, 0) is 0 Å². The summed E-state index contributed by atoms with van der Waals surface area (Å²) in [5.41, 5.74) is 0. The van der Waals surface area contributed by atoms with Crippen molar-refractivity contribution in [2.75, 3.05) is 0 Å². The van der Waals surface area contributed by atoms with Crippen molar-refractivity contribution >= 4 is 79.0 Å². The molecule has 0 saturated carbocycles. The first-order valence-electron chi connectivity index (χ1n) is 1.45. The molecule has 7 nitrogen and oxygen atoms in total. The predicted octanol–water partition coefficient (Wildman–Crippen LogP) is -10.5. The fraction of sp³-hybridized carbons (Fsp3) is 0. The molecule has 0 aliphatic heterocycles. The van der Waals surface area contributed by atoms with Gasteiger partial charge in [-0.3, -0.25) is 4.55 Å². The molecule has 0 heterocycles. The molecule has 0 fully saturated rings. The van der Waals surface area contributed by atoms with Crippen LogP contribution in [0.2, 0.25) is 0 Å². The first kappa shape index (κ1) is 36.2. The van der Waals surface area contributed by atoms with E-state index in [2.05, 4.69) is 3.97 Å². The zero-order valence-electron chi connectivity index (χ0n) is 10.0. The fourth-order valence-electron chi connectivity index (χ4n) is 0.123. The summed E-state index contributed by atoms with van der Waals surface area (Å²) in [6.07, 6.45) is 0. The maximum Gasteiger partial charge on any atom is 2.00 e. The molecule has 0 spiro atoms. The molecular formula is H6CaCl2KMgO7PS. The summed E-state index contributed by atoms with van der Waals surface area (Å²) < 4.78 is 39.0. The zero-order chi connectivity index (χ0) is 7.71. The van der Waals surface area contributed by atoms with E-state index in [1.54, 1.807) is 0 Å². The molecule has 0 atom stereocenters. The fourth-order valence-corrected chi connectivity index (χ4v) is 1.10. The number of rotatable bonds is 2. The van der Waals surface area contributed by atoms with Crippen LogP contribution >= 0.6 is 7.82 Å². The van der Waals surface area contributed by atoms with Crippen LogP contribution in [0.3, 0.4) is 0 Å². The second-order valence-electron chi connectivity index (χ2n) is 0.993. The summed E-state index contributed by atoms with van der Waals surface area (Å²) in [4.78, 5) is 15.4. The monoisotopic (exact) mass is 354 g/mol. The minimum atomic E-state index is -5.13. The van der Waals surface area contributed by atoms with E-state index < -0.39 is 18.2 Å². The van der Waals surface area contributed by atoms with Crippen molar-refractivity contribution in [2.45, 2.75) is 0 Å². The summed E-state index contributed by atoms with van der Waals surface area (Å²) in [6, 6.07) is 0. The summed E-state index contributed by atoms with van der Waals surface area (Å²) in [5, 5.41) is 0. The molecule has 0 aliphatic carbocycles. The number of halogens is 2. The van der Waals surface area contributed by atoms with Crippen LogP contribution < -0.4 is 76.2 Å². The third kappa shape index (κ3) is 36.0. The molecule has 0 aromatic carbocycles. The van der Waals surface area contributed by atoms with Gasteiger partial charge in [-0.2, -0.15) is 8.42 Å². The van der Waals surface area contributed by atoms with E-state index in [4.69, 9.17) is 14.3 Å². The van der Waals surface area contributed by atoms with Gasteiger partial charge < -0.3 is 38.9 Å². The molecule has 14 heavy (non-hydrogen) atoms. The second kappa shape index (κ2) is 15.3. The summed E-state index contributed by atoms with van der Waals surface area (Å²) in [6.45, 7) is 0. The topological polar surface area (TPSA) is 121 Å². The summed E-state index contributed by atoms with van der Waals surface area (Å²) in [5.74, 6) is 0. The van der Waals surface area contributed by atoms with Crippen molar-refractivity contribution < 1.29 is 112 Å². The molecule has 3 N–H and O–H groups in total. The van der Waals surface area contributed by atoms with Crippen LogP contribution in [-0.4, -0.2) is 83.5 Å². The van der Waals surface area contributed by atoms with Crippen LogP contribution in [0, 0.1) is 0 Å². The number of hydrogen-bond acceptors (Lipinski definition) is 4. The van der Waals surface area contributed by atoms with Crippen LogP contribution in [0.1, 0.15) is 4.28 Å². The van der Waals surface area contributed by atoms with Crippen LogP contribution in [0.15, 0.2) is 0 Å². The molecule has 78 valence electrons. The van der Waals surface area contributed by atoms with Gasteiger partial charge in [0, 0.05) is 0 Å². The molecule has 0 aliphatic rings.